The van der Waals surface area contributed by atoms with Crippen LogP contribution in [-0.2, 0) is 0 Å². The first-order valence-corrected chi connectivity index (χ1v) is 6.01. The van der Waals surface area contributed by atoms with E-state index in [1.807, 2.05) is 43.5 Å². The van der Waals surface area contributed by atoms with E-state index < -0.39 is 0 Å². The number of allylic oxidation sites excluding steroid dienone is 4. The zero-order valence-electron chi connectivity index (χ0n) is 10.7. The second-order valence-electron chi connectivity index (χ2n) is 3.94. The Balaban J connectivity index is 2.82. The van der Waals surface area contributed by atoms with Gasteiger partial charge in [-0.2, -0.15) is 0 Å². The van der Waals surface area contributed by atoms with Crippen molar-refractivity contribution in [1.82, 2.24) is 5.32 Å². The summed E-state index contributed by atoms with van der Waals surface area (Å²) in [6, 6.07) is 10.3. The molecule has 5 N–H and O–H groups in total. The van der Waals surface area contributed by atoms with E-state index in [9.17, 15) is 0 Å². The monoisotopic (exact) mass is 243 g/mol. The van der Waals surface area contributed by atoms with Gasteiger partial charge in [0.15, 0.2) is 0 Å². The van der Waals surface area contributed by atoms with Gasteiger partial charge in [-0.1, -0.05) is 42.5 Å². The molecule has 0 aliphatic heterocycles. The molecule has 0 fully saturated rings. The van der Waals surface area contributed by atoms with Crippen LogP contribution < -0.4 is 16.8 Å². The zero-order valence-corrected chi connectivity index (χ0v) is 10.7. The Bertz CT molecular complexity index is 419. The summed E-state index contributed by atoms with van der Waals surface area (Å²) in [5, 5.41) is 2.95. The highest BCUT2D eigenvalue weighted by Gasteiger charge is 2.06. The fourth-order valence-corrected chi connectivity index (χ4v) is 1.67. The minimum Gasteiger partial charge on any atom is -0.405 e. The molecule has 18 heavy (non-hydrogen) atoms. The molecule has 0 bridgehead atoms. The third-order valence-corrected chi connectivity index (χ3v) is 2.65. The van der Waals surface area contributed by atoms with Crippen LogP contribution >= 0.6 is 0 Å². The molecule has 0 radical (unpaired) electrons. The van der Waals surface area contributed by atoms with E-state index in [2.05, 4.69) is 23.5 Å². The molecule has 1 atom stereocenters. The van der Waals surface area contributed by atoms with Gasteiger partial charge in [0.1, 0.15) is 0 Å². The summed E-state index contributed by atoms with van der Waals surface area (Å²) < 4.78 is 0. The van der Waals surface area contributed by atoms with Crippen molar-refractivity contribution in [2.75, 3.05) is 7.05 Å². The van der Waals surface area contributed by atoms with Gasteiger partial charge < -0.3 is 16.8 Å². The van der Waals surface area contributed by atoms with Crippen molar-refractivity contribution in [2.45, 2.75) is 12.3 Å². The first kappa shape index (κ1) is 13.9. The Morgan fingerprint density at radius 3 is 2.61 bits per heavy atom. The molecule has 0 aliphatic carbocycles. The van der Waals surface area contributed by atoms with E-state index in [1.54, 1.807) is 0 Å². The van der Waals surface area contributed by atoms with Crippen LogP contribution in [-0.4, -0.2) is 7.05 Å². The zero-order chi connectivity index (χ0) is 13.2. The quantitative estimate of drug-likeness (QED) is 0.671. The van der Waals surface area contributed by atoms with Crippen LogP contribution in [0.1, 0.15) is 17.9 Å². The number of hydrogen-bond donors (Lipinski definition) is 3. The van der Waals surface area contributed by atoms with Crippen molar-refractivity contribution < 1.29 is 0 Å². The summed E-state index contributed by atoms with van der Waals surface area (Å²) in [6.45, 7) is 0. The minimum atomic E-state index is 0.265. The second-order valence-corrected chi connectivity index (χ2v) is 3.94. The molecule has 0 amide bonds. The molecule has 0 saturated carbocycles. The number of nitrogens with two attached hydrogens (primary N) is 2. The molecular formula is C15H21N3. The second kappa shape index (κ2) is 8.01. The van der Waals surface area contributed by atoms with Crippen LogP contribution in [0.15, 0.2) is 66.7 Å². The normalized spacial score (nSPS) is 14.2. The van der Waals surface area contributed by atoms with Gasteiger partial charge in [-0.05, 0) is 30.3 Å². The molecule has 0 saturated heterocycles. The number of benzene rings is 1. The number of nitrogens with one attached hydrogen (secondary N) is 1. The maximum atomic E-state index is 5.83. The summed E-state index contributed by atoms with van der Waals surface area (Å²) in [5.74, 6) is 0.952. The van der Waals surface area contributed by atoms with Gasteiger partial charge in [0, 0.05) is 13.0 Å². The highest BCUT2D eigenvalue weighted by Crippen LogP contribution is 2.21. The van der Waals surface area contributed by atoms with Crippen molar-refractivity contribution in [3.05, 3.63) is 72.2 Å². The van der Waals surface area contributed by atoms with Crippen molar-refractivity contribution in [3.8, 4) is 0 Å². The Morgan fingerprint density at radius 1 is 1.28 bits per heavy atom. The van der Waals surface area contributed by atoms with Crippen LogP contribution in [0.4, 0.5) is 0 Å². The van der Waals surface area contributed by atoms with Crippen LogP contribution in [0.25, 0.3) is 0 Å². The van der Waals surface area contributed by atoms with Crippen molar-refractivity contribution in [2.24, 2.45) is 11.5 Å². The highest BCUT2D eigenvalue weighted by atomic mass is 14.9. The molecular weight excluding hydrogens is 222 g/mol. The van der Waals surface area contributed by atoms with Gasteiger partial charge in [-0.25, -0.2) is 0 Å². The van der Waals surface area contributed by atoms with Crippen molar-refractivity contribution >= 4 is 0 Å². The predicted octanol–water partition coefficient (Wildman–Crippen LogP) is 2.21. The lowest BCUT2D eigenvalue weighted by Gasteiger charge is -2.12. The van der Waals surface area contributed by atoms with Gasteiger partial charge in [0.2, 0.25) is 0 Å². The average molecular weight is 243 g/mol. The lowest BCUT2D eigenvalue weighted by Crippen LogP contribution is -2.15. The molecule has 1 unspecified atom stereocenters. The summed E-state index contributed by atoms with van der Waals surface area (Å²) in [6.07, 6.45) is 10.3. The van der Waals surface area contributed by atoms with E-state index in [0.717, 1.165) is 6.42 Å². The molecule has 1 rings (SSSR count). The van der Waals surface area contributed by atoms with Gasteiger partial charge in [-0.3, -0.25) is 0 Å². The smallest absolute Gasteiger partial charge is 0.0922 e. The maximum absolute atomic E-state index is 5.83. The van der Waals surface area contributed by atoms with Crippen LogP contribution in [0, 0.1) is 0 Å². The van der Waals surface area contributed by atoms with Crippen LogP contribution in [0.3, 0.4) is 0 Å². The summed E-state index contributed by atoms with van der Waals surface area (Å²) in [5.41, 5.74) is 12.4. The molecule has 0 spiro atoms. The van der Waals surface area contributed by atoms with E-state index in [1.165, 1.54) is 11.8 Å². The third kappa shape index (κ3) is 4.78. The SMILES string of the molecule is CN/C(N)=C\C(C/C=C\C=C/N)c1ccccc1. The highest BCUT2D eigenvalue weighted by molar-refractivity contribution is 5.26. The Morgan fingerprint density at radius 2 is 2.00 bits per heavy atom. The van der Waals surface area contributed by atoms with Gasteiger partial charge in [-0.15, -0.1) is 0 Å². The molecule has 0 heterocycles. The van der Waals surface area contributed by atoms with Crippen molar-refractivity contribution in [3.63, 3.8) is 0 Å². The van der Waals surface area contributed by atoms with Gasteiger partial charge >= 0.3 is 0 Å². The number of hydrogen-bond acceptors (Lipinski definition) is 3. The molecule has 0 aliphatic rings. The summed E-state index contributed by atoms with van der Waals surface area (Å²) >= 11 is 0. The minimum absolute atomic E-state index is 0.265. The van der Waals surface area contributed by atoms with Crippen LogP contribution in [0.2, 0.25) is 0 Å². The Hall–Kier alpha value is -2.16. The summed E-state index contributed by atoms with van der Waals surface area (Å²) in [7, 11) is 1.82. The largest absolute Gasteiger partial charge is 0.405 e. The molecule has 3 heteroatoms. The Labute approximate surface area is 109 Å². The topological polar surface area (TPSA) is 64.1 Å². The molecule has 0 aromatic heterocycles. The lowest BCUT2D eigenvalue weighted by molar-refractivity contribution is 0.827. The first-order valence-electron chi connectivity index (χ1n) is 6.01. The molecule has 1 aromatic carbocycles. The van der Waals surface area contributed by atoms with E-state index in [0.29, 0.717) is 5.82 Å². The molecule has 1 aromatic rings. The molecule has 96 valence electrons. The standard InChI is InChI=1S/C15H21N3/c1-18-15(17)12-14(10-6-3-7-11-16)13-8-4-2-5-9-13/h2-9,11-12,14,18H,10,16-17H2,1H3/b6-3-,11-7-,15-12-. The van der Waals surface area contributed by atoms with Crippen molar-refractivity contribution in [1.29, 1.82) is 0 Å². The van der Waals surface area contributed by atoms with Gasteiger partial charge in [0.05, 0.1) is 5.82 Å². The fraction of sp³-hybridized carbons (Fsp3) is 0.200. The van der Waals surface area contributed by atoms with E-state index >= 15 is 0 Å². The average Bonchev–Trinajstić information content (AvgIpc) is 2.43. The number of rotatable bonds is 6. The first-order chi connectivity index (χ1) is 8.77. The predicted molar refractivity (Wildman–Crippen MR) is 77.6 cm³/mol. The maximum Gasteiger partial charge on any atom is 0.0922 e. The van der Waals surface area contributed by atoms with E-state index in [4.69, 9.17) is 11.5 Å². The van der Waals surface area contributed by atoms with E-state index in [-0.39, 0.29) is 5.92 Å². The Kier molecular flexibility index (Phi) is 6.19. The molecule has 3 nitrogen and oxygen atoms in total. The fourth-order valence-electron chi connectivity index (χ4n) is 1.67. The third-order valence-electron chi connectivity index (χ3n) is 2.65. The summed E-state index contributed by atoms with van der Waals surface area (Å²) in [4.78, 5) is 0. The van der Waals surface area contributed by atoms with Gasteiger partial charge in [0.25, 0.3) is 0 Å². The lowest BCUT2D eigenvalue weighted by atomic mass is 9.95. The van der Waals surface area contributed by atoms with Crippen LogP contribution in [0.5, 0.6) is 0 Å².